The molecular weight excluding hydrogens is 200 g/mol. The smallest absolute Gasteiger partial charge is 0.313 e. The summed E-state index contributed by atoms with van der Waals surface area (Å²) in [6.45, 7) is 5.18. The molecule has 3 heteroatoms. The highest BCUT2D eigenvalue weighted by Gasteiger charge is 2.32. The fourth-order valence-corrected chi connectivity index (χ4v) is 1.99. The Morgan fingerprint density at radius 2 is 2.00 bits per heavy atom. The van der Waals surface area contributed by atoms with Crippen molar-refractivity contribution >= 4 is 17.6 Å². The molecule has 0 aliphatic heterocycles. The van der Waals surface area contributed by atoms with E-state index in [1.807, 2.05) is 19.1 Å². The van der Waals surface area contributed by atoms with E-state index >= 15 is 0 Å². The summed E-state index contributed by atoms with van der Waals surface area (Å²) in [6, 6.07) is 5.40. The van der Waals surface area contributed by atoms with Gasteiger partial charge in [0.15, 0.2) is 0 Å². The summed E-state index contributed by atoms with van der Waals surface area (Å²) in [6.07, 6.45) is 0. The second-order valence-electron chi connectivity index (χ2n) is 3.86. The Balaban J connectivity index is 3.38. The van der Waals surface area contributed by atoms with Crippen LogP contribution in [0, 0.1) is 6.92 Å². The van der Waals surface area contributed by atoms with Crippen LogP contribution in [0.1, 0.15) is 25.0 Å². The number of rotatable bonds is 2. The summed E-state index contributed by atoms with van der Waals surface area (Å²) >= 11 is 5.99. The highest BCUT2D eigenvalue weighted by molar-refractivity contribution is 6.31. The molecule has 0 unspecified atom stereocenters. The van der Waals surface area contributed by atoms with Crippen LogP contribution in [0.2, 0.25) is 5.02 Å². The van der Waals surface area contributed by atoms with Crippen molar-refractivity contribution < 1.29 is 9.90 Å². The Morgan fingerprint density at radius 1 is 1.43 bits per heavy atom. The van der Waals surface area contributed by atoms with E-state index < -0.39 is 11.4 Å². The number of aliphatic carboxylic acids is 1. The average molecular weight is 213 g/mol. The first kappa shape index (κ1) is 11.1. The van der Waals surface area contributed by atoms with Crippen LogP contribution < -0.4 is 0 Å². The van der Waals surface area contributed by atoms with E-state index in [1.54, 1.807) is 19.9 Å². The van der Waals surface area contributed by atoms with Gasteiger partial charge in [0.1, 0.15) is 0 Å². The SMILES string of the molecule is Cc1cccc(Cl)c1C(C)(C)C(=O)O. The minimum absolute atomic E-state index is 0.511. The van der Waals surface area contributed by atoms with E-state index in [4.69, 9.17) is 16.7 Å². The number of halogens is 1. The minimum Gasteiger partial charge on any atom is -0.481 e. The molecule has 76 valence electrons. The molecule has 2 nitrogen and oxygen atoms in total. The highest BCUT2D eigenvalue weighted by atomic mass is 35.5. The zero-order valence-corrected chi connectivity index (χ0v) is 9.22. The molecule has 0 saturated heterocycles. The molecule has 0 aliphatic rings. The van der Waals surface area contributed by atoms with Gasteiger partial charge >= 0.3 is 5.97 Å². The van der Waals surface area contributed by atoms with Crippen LogP contribution in [0.3, 0.4) is 0 Å². The topological polar surface area (TPSA) is 37.3 Å². The van der Waals surface area contributed by atoms with Gasteiger partial charge in [-0.15, -0.1) is 0 Å². The van der Waals surface area contributed by atoms with Crippen LogP contribution in [-0.4, -0.2) is 11.1 Å². The Kier molecular flexibility index (Phi) is 2.86. The fraction of sp³-hybridized carbons (Fsp3) is 0.364. The molecule has 0 amide bonds. The number of aryl methyl sites for hydroxylation is 1. The molecule has 0 aliphatic carbocycles. The molecule has 1 aromatic carbocycles. The maximum atomic E-state index is 11.1. The van der Waals surface area contributed by atoms with Gasteiger partial charge in [0, 0.05) is 5.02 Å². The van der Waals surface area contributed by atoms with Gasteiger partial charge in [0.25, 0.3) is 0 Å². The van der Waals surface area contributed by atoms with Crippen LogP contribution in [-0.2, 0) is 10.2 Å². The van der Waals surface area contributed by atoms with E-state index in [0.29, 0.717) is 10.6 Å². The average Bonchev–Trinajstić information content (AvgIpc) is 2.02. The first-order valence-electron chi connectivity index (χ1n) is 4.36. The summed E-state index contributed by atoms with van der Waals surface area (Å²) < 4.78 is 0. The van der Waals surface area contributed by atoms with Crippen LogP contribution in [0.4, 0.5) is 0 Å². The molecule has 0 heterocycles. The van der Waals surface area contributed by atoms with Gasteiger partial charge < -0.3 is 5.11 Å². The van der Waals surface area contributed by atoms with E-state index in [2.05, 4.69) is 0 Å². The number of benzene rings is 1. The Bertz CT molecular complexity index is 349. The van der Waals surface area contributed by atoms with Gasteiger partial charge in [-0.1, -0.05) is 23.7 Å². The summed E-state index contributed by atoms with van der Waals surface area (Å²) in [5, 5.41) is 9.60. The lowest BCUT2D eigenvalue weighted by Crippen LogP contribution is -2.29. The lowest BCUT2D eigenvalue weighted by Gasteiger charge is -2.23. The summed E-state index contributed by atoms with van der Waals surface area (Å²) in [5.74, 6) is -0.867. The third-order valence-electron chi connectivity index (χ3n) is 2.38. The molecule has 1 aromatic rings. The molecule has 0 fully saturated rings. The quantitative estimate of drug-likeness (QED) is 0.818. The van der Waals surface area contributed by atoms with Gasteiger partial charge in [-0.2, -0.15) is 0 Å². The molecule has 1 N–H and O–H groups in total. The molecule has 0 spiro atoms. The van der Waals surface area contributed by atoms with Crippen molar-refractivity contribution in [1.82, 2.24) is 0 Å². The van der Waals surface area contributed by atoms with Gasteiger partial charge in [-0.3, -0.25) is 4.79 Å². The van der Waals surface area contributed by atoms with Crippen molar-refractivity contribution in [2.45, 2.75) is 26.2 Å². The molecule has 0 saturated carbocycles. The summed E-state index contributed by atoms with van der Waals surface area (Å²) in [7, 11) is 0. The lowest BCUT2D eigenvalue weighted by atomic mass is 9.82. The Hall–Kier alpha value is -1.02. The van der Waals surface area contributed by atoms with Crippen molar-refractivity contribution in [3.63, 3.8) is 0 Å². The van der Waals surface area contributed by atoms with Gasteiger partial charge in [0.05, 0.1) is 5.41 Å². The normalized spacial score (nSPS) is 11.4. The molecule has 0 bridgehead atoms. The first-order chi connectivity index (χ1) is 6.37. The monoisotopic (exact) mass is 212 g/mol. The van der Waals surface area contributed by atoms with E-state index in [9.17, 15) is 4.79 Å². The van der Waals surface area contributed by atoms with Crippen LogP contribution >= 0.6 is 11.6 Å². The van der Waals surface area contributed by atoms with Crippen LogP contribution in [0.25, 0.3) is 0 Å². The standard InChI is InChI=1S/C11H13ClO2/c1-7-5-4-6-8(12)9(7)11(2,3)10(13)14/h4-6H,1-3H3,(H,13,14). The van der Waals surface area contributed by atoms with Gasteiger partial charge in [-0.05, 0) is 38.0 Å². The van der Waals surface area contributed by atoms with Crippen molar-refractivity contribution in [1.29, 1.82) is 0 Å². The second-order valence-corrected chi connectivity index (χ2v) is 4.27. The maximum Gasteiger partial charge on any atom is 0.313 e. The Morgan fingerprint density at radius 3 is 2.43 bits per heavy atom. The Labute approximate surface area is 88.5 Å². The maximum absolute atomic E-state index is 11.1. The predicted octanol–water partition coefficient (Wildman–Crippen LogP) is 3.01. The predicted molar refractivity (Wildman–Crippen MR) is 56.9 cm³/mol. The van der Waals surface area contributed by atoms with Crippen molar-refractivity contribution in [2.24, 2.45) is 0 Å². The number of hydrogen-bond acceptors (Lipinski definition) is 1. The third kappa shape index (κ3) is 1.75. The van der Waals surface area contributed by atoms with Gasteiger partial charge in [-0.25, -0.2) is 0 Å². The zero-order valence-electron chi connectivity index (χ0n) is 8.47. The molecule has 0 aromatic heterocycles. The second kappa shape index (κ2) is 3.62. The van der Waals surface area contributed by atoms with Crippen molar-refractivity contribution in [2.75, 3.05) is 0 Å². The minimum atomic E-state index is -0.942. The number of carboxylic acid groups (broad SMARTS) is 1. The number of carboxylic acids is 1. The fourth-order valence-electron chi connectivity index (χ4n) is 1.53. The molecule has 1 rings (SSSR count). The zero-order chi connectivity index (χ0) is 10.9. The highest BCUT2D eigenvalue weighted by Crippen LogP contribution is 2.32. The lowest BCUT2D eigenvalue weighted by molar-refractivity contribution is -0.142. The van der Waals surface area contributed by atoms with Crippen LogP contribution in [0.15, 0.2) is 18.2 Å². The summed E-state index contributed by atoms with van der Waals surface area (Å²) in [5.41, 5.74) is 0.654. The molecule has 14 heavy (non-hydrogen) atoms. The molecule has 0 atom stereocenters. The van der Waals surface area contributed by atoms with Crippen LogP contribution in [0.5, 0.6) is 0 Å². The third-order valence-corrected chi connectivity index (χ3v) is 2.70. The summed E-state index contributed by atoms with van der Waals surface area (Å²) in [4.78, 5) is 11.1. The largest absolute Gasteiger partial charge is 0.481 e. The van der Waals surface area contributed by atoms with Crippen molar-refractivity contribution in [3.8, 4) is 0 Å². The van der Waals surface area contributed by atoms with Crippen molar-refractivity contribution in [3.05, 3.63) is 34.3 Å². The van der Waals surface area contributed by atoms with Gasteiger partial charge in [0.2, 0.25) is 0 Å². The molecular formula is C11H13ClO2. The molecule has 0 radical (unpaired) electrons. The number of hydrogen-bond donors (Lipinski definition) is 1. The first-order valence-corrected chi connectivity index (χ1v) is 4.74. The van der Waals surface area contributed by atoms with E-state index in [1.165, 1.54) is 0 Å². The van der Waals surface area contributed by atoms with E-state index in [0.717, 1.165) is 5.56 Å². The number of carbonyl (C=O) groups is 1. The van der Waals surface area contributed by atoms with E-state index in [-0.39, 0.29) is 0 Å².